The van der Waals surface area contributed by atoms with Crippen LogP contribution in [0, 0.1) is 0 Å². The SMILES string of the molecule is CN1CCCN(c2ccn(-c3ccc(N)cc3)c2)CC1. The molecular formula is C16H22N4. The highest BCUT2D eigenvalue weighted by Gasteiger charge is 2.13. The van der Waals surface area contributed by atoms with Crippen LogP contribution >= 0.6 is 0 Å². The molecule has 1 fully saturated rings. The van der Waals surface area contributed by atoms with E-state index < -0.39 is 0 Å². The Morgan fingerprint density at radius 1 is 0.900 bits per heavy atom. The predicted octanol–water partition coefficient (Wildman–Crippen LogP) is 2.20. The van der Waals surface area contributed by atoms with Crippen molar-refractivity contribution >= 4 is 11.4 Å². The van der Waals surface area contributed by atoms with Gasteiger partial charge in [-0.1, -0.05) is 0 Å². The van der Waals surface area contributed by atoms with Crippen molar-refractivity contribution in [2.45, 2.75) is 6.42 Å². The van der Waals surface area contributed by atoms with Crippen LogP contribution in [0.25, 0.3) is 5.69 Å². The highest BCUT2D eigenvalue weighted by molar-refractivity contribution is 5.50. The molecule has 20 heavy (non-hydrogen) atoms. The molecule has 0 spiro atoms. The summed E-state index contributed by atoms with van der Waals surface area (Å²) in [7, 11) is 2.20. The minimum Gasteiger partial charge on any atom is -0.399 e. The van der Waals surface area contributed by atoms with Crippen LogP contribution in [0.2, 0.25) is 0 Å². The summed E-state index contributed by atoms with van der Waals surface area (Å²) in [5.41, 5.74) is 8.99. The minimum absolute atomic E-state index is 0.802. The van der Waals surface area contributed by atoms with Gasteiger partial charge >= 0.3 is 0 Å². The fourth-order valence-electron chi connectivity index (χ4n) is 2.68. The molecule has 2 heterocycles. The number of anilines is 2. The van der Waals surface area contributed by atoms with E-state index in [0.29, 0.717) is 0 Å². The van der Waals surface area contributed by atoms with Gasteiger partial charge in [-0.05, 0) is 50.3 Å². The maximum Gasteiger partial charge on any atom is 0.0550 e. The first-order valence-corrected chi connectivity index (χ1v) is 7.20. The Labute approximate surface area is 120 Å². The largest absolute Gasteiger partial charge is 0.399 e. The molecule has 4 heteroatoms. The maximum atomic E-state index is 5.74. The van der Waals surface area contributed by atoms with Crippen molar-refractivity contribution in [2.75, 3.05) is 43.9 Å². The molecular weight excluding hydrogens is 248 g/mol. The molecule has 4 nitrogen and oxygen atoms in total. The zero-order valence-electron chi connectivity index (χ0n) is 12.0. The highest BCUT2D eigenvalue weighted by Crippen LogP contribution is 2.20. The number of hydrogen-bond donors (Lipinski definition) is 1. The summed E-state index contributed by atoms with van der Waals surface area (Å²) in [6, 6.07) is 10.2. The zero-order valence-corrected chi connectivity index (χ0v) is 12.0. The maximum absolute atomic E-state index is 5.74. The molecule has 3 rings (SSSR count). The van der Waals surface area contributed by atoms with Gasteiger partial charge in [-0.15, -0.1) is 0 Å². The molecule has 1 aromatic heterocycles. The number of aromatic nitrogens is 1. The second-order valence-electron chi connectivity index (χ2n) is 5.51. The summed E-state index contributed by atoms with van der Waals surface area (Å²) < 4.78 is 2.16. The molecule has 1 aliphatic heterocycles. The molecule has 0 amide bonds. The third kappa shape index (κ3) is 2.80. The molecule has 0 bridgehead atoms. The molecule has 0 atom stereocenters. The monoisotopic (exact) mass is 270 g/mol. The van der Waals surface area contributed by atoms with Gasteiger partial charge < -0.3 is 20.1 Å². The lowest BCUT2D eigenvalue weighted by Crippen LogP contribution is -2.28. The van der Waals surface area contributed by atoms with Gasteiger partial charge in [0.25, 0.3) is 0 Å². The topological polar surface area (TPSA) is 37.4 Å². The van der Waals surface area contributed by atoms with E-state index in [4.69, 9.17) is 5.73 Å². The van der Waals surface area contributed by atoms with Crippen LogP contribution in [0.5, 0.6) is 0 Å². The van der Waals surface area contributed by atoms with Gasteiger partial charge in [-0.25, -0.2) is 0 Å². The molecule has 2 N–H and O–H groups in total. The average molecular weight is 270 g/mol. The Bertz CT molecular complexity index is 558. The lowest BCUT2D eigenvalue weighted by molar-refractivity contribution is 0.360. The normalized spacial score (nSPS) is 17.1. The number of rotatable bonds is 2. The Morgan fingerprint density at radius 2 is 1.70 bits per heavy atom. The van der Waals surface area contributed by atoms with Crippen molar-refractivity contribution in [3.05, 3.63) is 42.7 Å². The third-order valence-corrected chi connectivity index (χ3v) is 3.95. The Morgan fingerprint density at radius 3 is 2.50 bits per heavy atom. The Hall–Kier alpha value is -1.94. The number of hydrogen-bond acceptors (Lipinski definition) is 3. The van der Waals surface area contributed by atoms with Crippen LogP contribution in [-0.4, -0.2) is 42.7 Å². The number of nitrogens with two attached hydrogens (primary N) is 1. The van der Waals surface area contributed by atoms with Crippen LogP contribution in [0.15, 0.2) is 42.7 Å². The first-order chi connectivity index (χ1) is 9.72. The summed E-state index contributed by atoms with van der Waals surface area (Å²) >= 11 is 0. The number of nitrogen functional groups attached to an aromatic ring is 1. The average Bonchev–Trinajstić information content (AvgIpc) is 2.83. The van der Waals surface area contributed by atoms with E-state index in [2.05, 4.69) is 52.0 Å². The number of benzene rings is 1. The summed E-state index contributed by atoms with van der Waals surface area (Å²) in [5, 5.41) is 0. The Kier molecular flexibility index (Phi) is 3.65. The van der Waals surface area contributed by atoms with Crippen molar-refractivity contribution in [3.63, 3.8) is 0 Å². The van der Waals surface area contributed by atoms with Crippen LogP contribution < -0.4 is 10.6 Å². The van der Waals surface area contributed by atoms with E-state index in [-0.39, 0.29) is 0 Å². The summed E-state index contributed by atoms with van der Waals surface area (Å²) in [6.45, 7) is 4.56. The predicted molar refractivity (Wildman–Crippen MR) is 84.5 cm³/mol. The van der Waals surface area contributed by atoms with Gasteiger partial charge in [-0.2, -0.15) is 0 Å². The second-order valence-corrected chi connectivity index (χ2v) is 5.51. The first kappa shape index (κ1) is 13.1. The van der Waals surface area contributed by atoms with Gasteiger partial charge in [0.15, 0.2) is 0 Å². The van der Waals surface area contributed by atoms with Crippen LogP contribution in [0.1, 0.15) is 6.42 Å². The number of nitrogens with zero attached hydrogens (tertiary/aromatic N) is 3. The molecule has 0 aliphatic carbocycles. The quantitative estimate of drug-likeness (QED) is 0.850. The summed E-state index contributed by atoms with van der Waals surface area (Å²) in [6.07, 6.45) is 5.55. The minimum atomic E-state index is 0.802. The Balaban J connectivity index is 1.77. The molecule has 0 radical (unpaired) electrons. The standard InChI is InChI=1S/C16H22N4/c1-18-8-2-9-19(12-11-18)16-7-10-20(13-16)15-5-3-14(17)4-6-15/h3-7,10,13H,2,8-9,11-12,17H2,1H3. The molecule has 1 aromatic carbocycles. The fourth-order valence-corrected chi connectivity index (χ4v) is 2.68. The van der Waals surface area contributed by atoms with Gasteiger partial charge in [-0.3, -0.25) is 0 Å². The molecule has 1 saturated heterocycles. The van der Waals surface area contributed by atoms with Gasteiger partial charge in [0, 0.05) is 43.4 Å². The molecule has 2 aromatic rings. The van der Waals surface area contributed by atoms with Crippen molar-refractivity contribution < 1.29 is 0 Å². The van der Waals surface area contributed by atoms with Crippen LogP contribution in [0.3, 0.4) is 0 Å². The van der Waals surface area contributed by atoms with Crippen molar-refractivity contribution in [2.24, 2.45) is 0 Å². The first-order valence-electron chi connectivity index (χ1n) is 7.20. The van der Waals surface area contributed by atoms with Gasteiger partial charge in [0.2, 0.25) is 0 Å². The van der Waals surface area contributed by atoms with Gasteiger partial charge in [0.05, 0.1) is 5.69 Å². The summed E-state index contributed by atoms with van der Waals surface area (Å²) in [5.74, 6) is 0. The van der Waals surface area contributed by atoms with E-state index in [1.165, 1.54) is 18.7 Å². The summed E-state index contributed by atoms with van der Waals surface area (Å²) in [4.78, 5) is 4.87. The van der Waals surface area contributed by atoms with E-state index in [1.54, 1.807) is 0 Å². The third-order valence-electron chi connectivity index (χ3n) is 3.95. The van der Waals surface area contributed by atoms with Crippen molar-refractivity contribution in [1.29, 1.82) is 0 Å². The van der Waals surface area contributed by atoms with Crippen LogP contribution in [-0.2, 0) is 0 Å². The van der Waals surface area contributed by atoms with E-state index in [0.717, 1.165) is 31.0 Å². The van der Waals surface area contributed by atoms with E-state index >= 15 is 0 Å². The highest BCUT2D eigenvalue weighted by atomic mass is 15.2. The molecule has 0 saturated carbocycles. The van der Waals surface area contributed by atoms with E-state index in [9.17, 15) is 0 Å². The van der Waals surface area contributed by atoms with E-state index in [1.807, 2.05) is 12.1 Å². The molecule has 0 unspecified atom stereocenters. The zero-order chi connectivity index (χ0) is 13.9. The lowest BCUT2D eigenvalue weighted by atomic mass is 10.3. The van der Waals surface area contributed by atoms with Crippen molar-refractivity contribution in [3.8, 4) is 5.69 Å². The molecule has 106 valence electrons. The number of likely N-dealkylation sites (N-methyl/N-ethyl adjacent to an activating group) is 1. The second kappa shape index (κ2) is 5.59. The molecule has 1 aliphatic rings. The lowest BCUT2D eigenvalue weighted by Gasteiger charge is -2.21. The van der Waals surface area contributed by atoms with Gasteiger partial charge in [0.1, 0.15) is 0 Å². The van der Waals surface area contributed by atoms with Crippen LogP contribution in [0.4, 0.5) is 11.4 Å². The smallest absolute Gasteiger partial charge is 0.0550 e. The van der Waals surface area contributed by atoms with Crippen molar-refractivity contribution in [1.82, 2.24) is 9.47 Å². The fraction of sp³-hybridized carbons (Fsp3) is 0.375.